The van der Waals surface area contributed by atoms with E-state index in [1.165, 1.54) is 7.11 Å². The lowest BCUT2D eigenvalue weighted by atomic mass is 10.4. The van der Waals surface area contributed by atoms with Crippen LogP contribution in [0.2, 0.25) is 0 Å². The maximum atomic E-state index is 10.7. The van der Waals surface area contributed by atoms with Crippen LogP contribution in [0.1, 0.15) is 12.8 Å². The van der Waals surface area contributed by atoms with Crippen molar-refractivity contribution < 1.29 is 14.1 Å². The van der Waals surface area contributed by atoms with Gasteiger partial charge in [-0.2, -0.15) is 4.79 Å². The quantitative estimate of drug-likeness (QED) is 0.448. The number of amides is 1. The molecule has 0 aromatic carbocycles. The van der Waals surface area contributed by atoms with E-state index in [-0.39, 0.29) is 6.09 Å². The van der Waals surface area contributed by atoms with E-state index in [9.17, 15) is 4.79 Å². The van der Waals surface area contributed by atoms with Crippen LogP contribution in [0.5, 0.6) is 0 Å². The second-order valence-electron chi connectivity index (χ2n) is 1.99. The SMILES string of the molecule is COC(=O)[N+]1=CCCC1. The topological polar surface area (TPSA) is 29.3 Å². The highest BCUT2D eigenvalue weighted by Crippen LogP contribution is 1.97. The number of carbonyl (C=O) groups is 1. The third kappa shape index (κ3) is 1.28. The summed E-state index contributed by atoms with van der Waals surface area (Å²) >= 11 is 0. The molecule has 0 aromatic heterocycles. The van der Waals surface area contributed by atoms with Crippen molar-refractivity contribution in [2.24, 2.45) is 0 Å². The first-order valence-corrected chi connectivity index (χ1v) is 3.02. The molecule has 0 spiro atoms. The Labute approximate surface area is 53.9 Å². The molecule has 1 amide bonds. The van der Waals surface area contributed by atoms with E-state index in [0.717, 1.165) is 19.4 Å². The highest BCUT2D eigenvalue weighted by Gasteiger charge is 2.20. The van der Waals surface area contributed by atoms with E-state index in [0.29, 0.717) is 0 Å². The lowest BCUT2D eigenvalue weighted by molar-refractivity contribution is -0.432. The van der Waals surface area contributed by atoms with Gasteiger partial charge in [0, 0.05) is 12.8 Å². The third-order valence-corrected chi connectivity index (χ3v) is 1.36. The van der Waals surface area contributed by atoms with E-state index >= 15 is 0 Å². The van der Waals surface area contributed by atoms with Crippen LogP contribution in [0.15, 0.2) is 0 Å². The molecule has 1 aliphatic heterocycles. The molecule has 0 aromatic rings. The van der Waals surface area contributed by atoms with Crippen molar-refractivity contribution in [2.75, 3.05) is 13.7 Å². The molecular weight excluding hydrogens is 118 g/mol. The van der Waals surface area contributed by atoms with E-state index < -0.39 is 0 Å². The number of carbonyl (C=O) groups excluding carboxylic acids is 1. The monoisotopic (exact) mass is 128 g/mol. The van der Waals surface area contributed by atoms with Crippen LogP contribution in [-0.2, 0) is 4.74 Å². The van der Waals surface area contributed by atoms with Crippen molar-refractivity contribution >= 4 is 12.3 Å². The van der Waals surface area contributed by atoms with Crippen LogP contribution >= 0.6 is 0 Å². The largest absolute Gasteiger partial charge is 0.595 e. The van der Waals surface area contributed by atoms with Gasteiger partial charge in [0.25, 0.3) is 0 Å². The number of ether oxygens (including phenoxy) is 1. The van der Waals surface area contributed by atoms with Gasteiger partial charge >= 0.3 is 6.09 Å². The van der Waals surface area contributed by atoms with Gasteiger partial charge in [-0.05, 0) is 0 Å². The molecule has 1 heterocycles. The van der Waals surface area contributed by atoms with E-state index in [4.69, 9.17) is 0 Å². The fourth-order valence-electron chi connectivity index (χ4n) is 0.883. The van der Waals surface area contributed by atoms with Gasteiger partial charge in [-0.25, -0.2) is 0 Å². The predicted molar refractivity (Wildman–Crippen MR) is 32.8 cm³/mol. The van der Waals surface area contributed by atoms with Crippen LogP contribution in [0.25, 0.3) is 0 Å². The Hall–Kier alpha value is -0.860. The van der Waals surface area contributed by atoms with Gasteiger partial charge < -0.3 is 4.74 Å². The lowest BCUT2D eigenvalue weighted by Crippen LogP contribution is -2.18. The highest BCUT2D eigenvalue weighted by atomic mass is 16.5. The zero-order chi connectivity index (χ0) is 6.69. The molecule has 0 N–H and O–H groups in total. The van der Waals surface area contributed by atoms with Crippen molar-refractivity contribution in [1.29, 1.82) is 0 Å². The molecule has 0 fully saturated rings. The summed E-state index contributed by atoms with van der Waals surface area (Å²) in [6.45, 7) is 0.812. The Morgan fingerprint density at radius 1 is 1.78 bits per heavy atom. The normalized spacial score (nSPS) is 17.2. The summed E-state index contributed by atoms with van der Waals surface area (Å²) < 4.78 is 6.09. The molecule has 0 saturated carbocycles. The number of nitrogens with zero attached hydrogens (tertiary/aromatic N) is 1. The second-order valence-corrected chi connectivity index (χ2v) is 1.99. The minimum Gasteiger partial charge on any atom is -0.415 e. The van der Waals surface area contributed by atoms with Gasteiger partial charge in [-0.3, -0.25) is 0 Å². The van der Waals surface area contributed by atoms with Gasteiger partial charge in [0.2, 0.25) is 0 Å². The summed E-state index contributed by atoms with van der Waals surface area (Å²) in [6.07, 6.45) is 3.68. The average molecular weight is 128 g/mol. The predicted octanol–water partition coefficient (Wildman–Crippen LogP) is 0.630. The molecule has 1 rings (SSSR count). The fourth-order valence-corrected chi connectivity index (χ4v) is 0.883. The maximum Gasteiger partial charge on any atom is 0.595 e. The Balaban J connectivity index is 2.51. The summed E-state index contributed by atoms with van der Waals surface area (Å²) in [4.78, 5) is 10.7. The molecular formula is C6H10NO2+. The Kier molecular flexibility index (Phi) is 1.82. The summed E-state index contributed by atoms with van der Waals surface area (Å²) in [5, 5.41) is 0. The van der Waals surface area contributed by atoms with Crippen molar-refractivity contribution in [3.63, 3.8) is 0 Å². The molecule has 3 nitrogen and oxygen atoms in total. The van der Waals surface area contributed by atoms with Crippen LogP contribution in [-0.4, -0.2) is 30.5 Å². The smallest absolute Gasteiger partial charge is 0.415 e. The molecule has 3 heteroatoms. The minimum absolute atomic E-state index is 0.243. The van der Waals surface area contributed by atoms with Crippen LogP contribution in [0, 0.1) is 0 Å². The number of hydrogen-bond donors (Lipinski definition) is 0. The first kappa shape index (κ1) is 6.26. The molecule has 0 bridgehead atoms. The highest BCUT2D eigenvalue weighted by molar-refractivity contribution is 5.66. The summed E-state index contributed by atoms with van der Waals surface area (Å²) in [5.74, 6) is 0. The van der Waals surface area contributed by atoms with Crippen LogP contribution in [0.4, 0.5) is 4.79 Å². The number of hydrogen-bond acceptors (Lipinski definition) is 2. The van der Waals surface area contributed by atoms with E-state index in [1.54, 1.807) is 4.58 Å². The molecule has 0 atom stereocenters. The zero-order valence-corrected chi connectivity index (χ0v) is 5.46. The van der Waals surface area contributed by atoms with Crippen LogP contribution in [0.3, 0.4) is 0 Å². The molecule has 9 heavy (non-hydrogen) atoms. The minimum atomic E-state index is -0.243. The summed E-state index contributed by atoms with van der Waals surface area (Å²) in [7, 11) is 1.40. The Morgan fingerprint density at radius 2 is 2.56 bits per heavy atom. The lowest BCUT2D eigenvalue weighted by Gasteiger charge is -1.89. The van der Waals surface area contributed by atoms with Gasteiger partial charge in [-0.1, -0.05) is 0 Å². The Bertz CT molecular complexity index is 151. The van der Waals surface area contributed by atoms with Gasteiger partial charge in [0.1, 0.15) is 0 Å². The molecule has 0 saturated heterocycles. The van der Waals surface area contributed by atoms with Crippen molar-refractivity contribution in [2.45, 2.75) is 12.8 Å². The van der Waals surface area contributed by atoms with Gasteiger partial charge in [-0.15, -0.1) is 4.58 Å². The fraction of sp³-hybridized carbons (Fsp3) is 0.667. The summed E-state index contributed by atoms with van der Waals surface area (Å²) in [6, 6.07) is 0. The average Bonchev–Trinajstić information content (AvgIpc) is 2.37. The molecule has 0 unspecified atom stereocenters. The van der Waals surface area contributed by atoms with Crippen molar-refractivity contribution in [3.8, 4) is 0 Å². The van der Waals surface area contributed by atoms with Gasteiger partial charge in [0.15, 0.2) is 12.8 Å². The zero-order valence-electron chi connectivity index (χ0n) is 5.46. The van der Waals surface area contributed by atoms with E-state index in [2.05, 4.69) is 4.74 Å². The van der Waals surface area contributed by atoms with Crippen molar-refractivity contribution in [1.82, 2.24) is 0 Å². The first-order valence-electron chi connectivity index (χ1n) is 3.02. The molecule has 50 valence electrons. The molecule has 0 radical (unpaired) electrons. The Morgan fingerprint density at radius 3 is 3.00 bits per heavy atom. The van der Waals surface area contributed by atoms with Crippen molar-refractivity contribution in [3.05, 3.63) is 0 Å². The van der Waals surface area contributed by atoms with Gasteiger partial charge in [0.05, 0.1) is 7.11 Å². The maximum absolute atomic E-state index is 10.7. The first-order chi connectivity index (χ1) is 4.34. The molecule has 1 aliphatic rings. The van der Waals surface area contributed by atoms with E-state index in [1.807, 2.05) is 6.21 Å². The standard InChI is InChI=1S/C6H10NO2/c1-9-6(8)7-4-2-3-5-7/h4H,2-3,5H2,1H3/q+1. The summed E-state index contributed by atoms with van der Waals surface area (Å²) in [5.41, 5.74) is 0. The number of rotatable bonds is 0. The second kappa shape index (κ2) is 2.62. The number of methoxy groups -OCH3 is 1. The third-order valence-electron chi connectivity index (χ3n) is 1.36. The molecule has 0 aliphatic carbocycles. The van der Waals surface area contributed by atoms with Crippen LogP contribution < -0.4 is 0 Å².